The lowest BCUT2D eigenvalue weighted by Gasteiger charge is -2.15. The van der Waals surface area contributed by atoms with Crippen LogP contribution in [-0.4, -0.2) is 30.4 Å². The first-order chi connectivity index (χ1) is 14.0. The van der Waals surface area contributed by atoms with Crippen LogP contribution in [0.4, 0.5) is 0 Å². The van der Waals surface area contributed by atoms with Crippen molar-refractivity contribution in [3.8, 4) is 17.4 Å². The summed E-state index contributed by atoms with van der Waals surface area (Å²) in [5, 5.41) is 9.52. The van der Waals surface area contributed by atoms with Gasteiger partial charge in [-0.05, 0) is 54.6 Å². The molecule has 0 saturated heterocycles. The Bertz CT molecular complexity index is 1070. The second kappa shape index (κ2) is 9.09. The Morgan fingerprint density at radius 1 is 1.14 bits per heavy atom. The smallest absolute Gasteiger partial charge is 0.338 e. The quantitative estimate of drug-likeness (QED) is 0.568. The molecule has 0 atom stereocenters. The van der Waals surface area contributed by atoms with Gasteiger partial charge < -0.3 is 14.1 Å². The number of rotatable bonds is 6. The van der Waals surface area contributed by atoms with Gasteiger partial charge in [0.25, 0.3) is 5.91 Å². The Hall–Kier alpha value is -3.56. The third-order valence-electron chi connectivity index (χ3n) is 4.16. The minimum absolute atomic E-state index is 0.221. The third kappa shape index (κ3) is 5.24. The van der Waals surface area contributed by atoms with Crippen molar-refractivity contribution in [2.75, 3.05) is 13.7 Å². The number of furan rings is 1. The third-order valence-corrected chi connectivity index (χ3v) is 4.42. The van der Waals surface area contributed by atoms with Crippen LogP contribution in [0, 0.1) is 11.3 Å². The number of hydrogen-bond acceptors (Lipinski definition) is 5. The molecule has 7 heteroatoms. The minimum Gasteiger partial charge on any atom is -0.459 e. The summed E-state index contributed by atoms with van der Waals surface area (Å²) in [7, 11) is 1.59. The average molecular weight is 409 g/mol. The fourth-order valence-corrected chi connectivity index (χ4v) is 2.72. The molecule has 0 unspecified atom stereocenters. The Balaban J connectivity index is 1.55. The van der Waals surface area contributed by atoms with Crippen molar-refractivity contribution < 1.29 is 18.7 Å². The van der Waals surface area contributed by atoms with E-state index in [0.717, 1.165) is 5.56 Å². The van der Waals surface area contributed by atoms with Crippen molar-refractivity contribution in [2.24, 2.45) is 0 Å². The predicted octanol–water partition coefficient (Wildman–Crippen LogP) is 4.29. The van der Waals surface area contributed by atoms with Gasteiger partial charge in [-0.15, -0.1) is 0 Å². The van der Waals surface area contributed by atoms with Gasteiger partial charge in [0.15, 0.2) is 6.61 Å². The van der Waals surface area contributed by atoms with Crippen molar-refractivity contribution in [2.45, 2.75) is 6.54 Å². The van der Waals surface area contributed by atoms with Crippen LogP contribution in [0.3, 0.4) is 0 Å². The molecule has 6 nitrogen and oxygen atoms in total. The Labute approximate surface area is 172 Å². The van der Waals surface area contributed by atoms with Gasteiger partial charge in [-0.3, -0.25) is 4.79 Å². The molecule has 0 radical (unpaired) electrons. The minimum atomic E-state index is -0.660. The van der Waals surface area contributed by atoms with Crippen molar-refractivity contribution in [3.63, 3.8) is 0 Å². The van der Waals surface area contributed by atoms with Crippen LogP contribution >= 0.6 is 11.6 Å². The topological polar surface area (TPSA) is 83.5 Å². The zero-order chi connectivity index (χ0) is 20.8. The number of amides is 1. The monoisotopic (exact) mass is 408 g/mol. The van der Waals surface area contributed by atoms with E-state index >= 15 is 0 Å². The van der Waals surface area contributed by atoms with Gasteiger partial charge in [-0.2, -0.15) is 5.26 Å². The lowest BCUT2D eigenvalue weighted by atomic mass is 10.1. The fraction of sp³-hybridized carbons (Fsp3) is 0.136. The maximum Gasteiger partial charge on any atom is 0.338 e. The molecule has 1 heterocycles. The van der Waals surface area contributed by atoms with Gasteiger partial charge in [0, 0.05) is 17.6 Å². The van der Waals surface area contributed by atoms with Crippen LogP contribution in [0.1, 0.15) is 21.7 Å². The van der Waals surface area contributed by atoms with Gasteiger partial charge in [-0.25, -0.2) is 4.79 Å². The highest BCUT2D eigenvalue weighted by Crippen LogP contribution is 2.24. The normalized spacial score (nSPS) is 10.2. The van der Waals surface area contributed by atoms with E-state index in [4.69, 9.17) is 26.0 Å². The molecule has 1 aromatic heterocycles. The van der Waals surface area contributed by atoms with E-state index in [1.807, 2.05) is 24.3 Å². The van der Waals surface area contributed by atoms with E-state index in [0.29, 0.717) is 22.1 Å². The van der Waals surface area contributed by atoms with Crippen LogP contribution in [0.25, 0.3) is 11.3 Å². The molecular weight excluding hydrogens is 392 g/mol. The highest BCUT2D eigenvalue weighted by molar-refractivity contribution is 6.30. The van der Waals surface area contributed by atoms with Crippen molar-refractivity contribution >= 4 is 23.5 Å². The Morgan fingerprint density at radius 2 is 1.90 bits per heavy atom. The van der Waals surface area contributed by atoms with E-state index in [-0.39, 0.29) is 18.0 Å². The van der Waals surface area contributed by atoms with E-state index in [1.165, 1.54) is 17.0 Å². The molecule has 0 aliphatic carbocycles. The van der Waals surface area contributed by atoms with Crippen molar-refractivity contribution in [3.05, 3.63) is 82.6 Å². The molecule has 3 aromatic rings. The molecule has 0 saturated carbocycles. The summed E-state index contributed by atoms with van der Waals surface area (Å²) in [4.78, 5) is 25.7. The molecule has 29 heavy (non-hydrogen) atoms. The molecule has 1 amide bonds. The largest absolute Gasteiger partial charge is 0.459 e. The lowest BCUT2D eigenvalue weighted by Crippen LogP contribution is -2.30. The average Bonchev–Trinajstić information content (AvgIpc) is 3.20. The number of likely N-dealkylation sites (N-methyl/N-ethyl adjacent to an activating group) is 1. The van der Waals surface area contributed by atoms with Crippen LogP contribution in [-0.2, 0) is 16.1 Å². The highest BCUT2D eigenvalue weighted by Gasteiger charge is 2.16. The zero-order valence-electron chi connectivity index (χ0n) is 15.6. The number of nitriles is 1. The van der Waals surface area contributed by atoms with Crippen LogP contribution in [0.2, 0.25) is 5.02 Å². The molecular formula is C22H17ClN2O4. The Kier molecular flexibility index (Phi) is 6.32. The summed E-state index contributed by atoms with van der Waals surface area (Å²) in [5.41, 5.74) is 1.44. The molecule has 0 N–H and O–H groups in total. The standard InChI is InChI=1S/C22H17ClN2O4/c1-25(13-19-9-10-20(29-19)16-5-7-18(23)8-6-16)21(26)14-28-22(27)17-4-2-3-15(11-17)12-24/h2-11H,13-14H2,1H3. The Morgan fingerprint density at radius 3 is 2.62 bits per heavy atom. The van der Waals surface area contributed by atoms with E-state index < -0.39 is 12.6 Å². The summed E-state index contributed by atoms with van der Waals surface area (Å²) in [6, 6.07) is 18.9. The molecule has 0 aliphatic heterocycles. The molecule has 0 spiro atoms. The molecule has 0 bridgehead atoms. The first-order valence-corrected chi connectivity index (χ1v) is 9.10. The second-order valence-corrected chi connectivity index (χ2v) is 6.73. The summed E-state index contributed by atoms with van der Waals surface area (Å²) in [6.45, 7) is -0.176. The first kappa shape index (κ1) is 20.2. The molecule has 0 aliphatic rings. The number of carbonyl (C=O) groups excluding carboxylic acids is 2. The van der Waals surface area contributed by atoms with Gasteiger partial charge in [-0.1, -0.05) is 17.7 Å². The van der Waals surface area contributed by atoms with Crippen molar-refractivity contribution in [1.82, 2.24) is 4.90 Å². The maximum absolute atomic E-state index is 12.3. The number of nitrogens with zero attached hydrogens (tertiary/aromatic N) is 2. The summed E-state index contributed by atoms with van der Waals surface area (Å²) >= 11 is 5.89. The number of benzene rings is 2. The van der Waals surface area contributed by atoms with E-state index in [1.54, 1.807) is 37.4 Å². The summed E-state index contributed by atoms with van der Waals surface area (Å²) < 4.78 is 10.8. The number of hydrogen-bond donors (Lipinski definition) is 0. The summed E-state index contributed by atoms with van der Waals surface area (Å²) in [6.07, 6.45) is 0. The molecule has 146 valence electrons. The number of esters is 1. The maximum atomic E-state index is 12.3. The van der Waals surface area contributed by atoms with Crippen molar-refractivity contribution in [1.29, 1.82) is 5.26 Å². The first-order valence-electron chi connectivity index (χ1n) is 8.72. The number of ether oxygens (including phenoxy) is 1. The molecule has 0 fully saturated rings. The van der Waals surface area contributed by atoms with Crippen LogP contribution in [0.5, 0.6) is 0 Å². The molecule has 3 rings (SSSR count). The second-order valence-electron chi connectivity index (χ2n) is 6.29. The summed E-state index contributed by atoms with van der Waals surface area (Å²) in [5.74, 6) is 0.228. The van der Waals surface area contributed by atoms with Crippen LogP contribution < -0.4 is 0 Å². The van der Waals surface area contributed by atoms with Gasteiger partial charge in [0.2, 0.25) is 0 Å². The zero-order valence-corrected chi connectivity index (χ0v) is 16.3. The molecule has 2 aromatic carbocycles. The van der Waals surface area contributed by atoms with Crippen LogP contribution in [0.15, 0.2) is 65.1 Å². The fourth-order valence-electron chi connectivity index (χ4n) is 2.59. The van der Waals surface area contributed by atoms with E-state index in [2.05, 4.69) is 0 Å². The van der Waals surface area contributed by atoms with Gasteiger partial charge in [0.1, 0.15) is 11.5 Å². The lowest BCUT2D eigenvalue weighted by molar-refractivity contribution is -0.133. The van der Waals surface area contributed by atoms with E-state index in [9.17, 15) is 9.59 Å². The number of carbonyl (C=O) groups is 2. The highest BCUT2D eigenvalue weighted by atomic mass is 35.5. The predicted molar refractivity (Wildman–Crippen MR) is 107 cm³/mol. The van der Waals surface area contributed by atoms with Gasteiger partial charge in [0.05, 0.1) is 23.7 Å². The van der Waals surface area contributed by atoms with Gasteiger partial charge >= 0.3 is 5.97 Å². The SMILES string of the molecule is CN(Cc1ccc(-c2ccc(Cl)cc2)o1)C(=O)COC(=O)c1cccc(C#N)c1. The number of halogens is 1.